The van der Waals surface area contributed by atoms with E-state index in [4.69, 9.17) is 0 Å². The van der Waals surface area contributed by atoms with Crippen molar-refractivity contribution in [2.24, 2.45) is 0 Å². The zero-order valence-electron chi connectivity index (χ0n) is 9.07. The van der Waals surface area contributed by atoms with Crippen molar-refractivity contribution in [3.8, 4) is 0 Å². The highest BCUT2D eigenvalue weighted by Gasteiger charge is 2.04. The zero-order chi connectivity index (χ0) is 10.7. The van der Waals surface area contributed by atoms with Crippen LogP contribution in [-0.4, -0.2) is 17.0 Å². The van der Waals surface area contributed by atoms with Gasteiger partial charge in [0.25, 0.3) is 0 Å². The van der Waals surface area contributed by atoms with Crippen molar-refractivity contribution in [1.82, 2.24) is 9.97 Å². The molecule has 0 radical (unpaired) electrons. The van der Waals surface area contributed by atoms with Gasteiger partial charge in [-0.2, -0.15) is 0 Å². The second-order valence-corrected chi connectivity index (χ2v) is 3.72. The molecule has 3 heteroatoms. The predicted octanol–water partition coefficient (Wildman–Crippen LogP) is 2.35. The summed E-state index contributed by atoms with van der Waals surface area (Å²) in [6, 6.07) is 8.37. The van der Waals surface area contributed by atoms with Crippen LogP contribution < -0.4 is 4.90 Å². The number of hydrogen-bond donors (Lipinski definition) is 1. The van der Waals surface area contributed by atoms with Crippen LogP contribution in [0.15, 0.2) is 36.8 Å². The summed E-state index contributed by atoms with van der Waals surface area (Å²) in [6.45, 7) is 2.98. The van der Waals surface area contributed by atoms with Gasteiger partial charge in [0, 0.05) is 18.9 Å². The first-order valence-corrected chi connectivity index (χ1v) is 5.01. The Morgan fingerprint density at radius 2 is 2.13 bits per heavy atom. The quantitative estimate of drug-likeness (QED) is 0.826. The molecule has 2 aromatic rings. The molecular formula is C12H15N3. The number of para-hydroxylation sites is 1. The van der Waals surface area contributed by atoms with Crippen LogP contribution in [0.25, 0.3) is 0 Å². The second kappa shape index (κ2) is 4.17. The third kappa shape index (κ3) is 2.18. The molecule has 2 rings (SSSR count). The van der Waals surface area contributed by atoms with E-state index in [0.29, 0.717) is 0 Å². The summed E-state index contributed by atoms with van der Waals surface area (Å²) in [5.74, 6) is 0. The van der Waals surface area contributed by atoms with Crippen LogP contribution in [-0.2, 0) is 6.54 Å². The average Bonchev–Trinajstić information content (AvgIpc) is 2.71. The Hall–Kier alpha value is -1.77. The standard InChI is InChI=1S/C12H15N3/c1-10-5-3-4-6-12(10)15(2)8-11-7-13-9-14-11/h3-7,9H,8H2,1-2H3,(H,13,14). The Balaban J connectivity index is 2.15. The molecule has 0 saturated heterocycles. The molecular weight excluding hydrogens is 186 g/mol. The summed E-state index contributed by atoms with van der Waals surface area (Å²) in [4.78, 5) is 9.32. The lowest BCUT2D eigenvalue weighted by molar-refractivity contribution is 0.890. The highest BCUT2D eigenvalue weighted by molar-refractivity contribution is 5.52. The Morgan fingerprint density at radius 1 is 1.33 bits per heavy atom. The number of hydrogen-bond acceptors (Lipinski definition) is 2. The first-order chi connectivity index (χ1) is 7.27. The molecule has 1 aromatic heterocycles. The maximum atomic E-state index is 4.01. The van der Waals surface area contributed by atoms with Gasteiger partial charge in [-0.15, -0.1) is 0 Å². The number of nitrogens with zero attached hydrogens (tertiary/aromatic N) is 2. The molecule has 78 valence electrons. The molecule has 0 atom stereocenters. The number of aromatic amines is 1. The summed E-state index contributed by atoms with van der Waals surface area (Å²) in [5, 5.41) is 0. The number of imidazole rings is 1. The number of aromatic nitrogens is 2. The summed E-state index contributed by atoms with van der Waals surface area (Å²) in [7, 11) is 2.09. The van der Waals surface area contributed by atoms with E-state index in [-0.39, 0.29) is 0 Å². The van der Waals surface area contributed by atoms with Gasteiger partial charge in [-0.05, 0) is 18.6 Å². The van der Waals surface area contributed by atoms with Crippen LogP contribution in [0.4, 0.5) is 5.69 Å². The summed E-state index contributed by atoms with van der Waals surface area (Å²) in [5.41, 5.74) is 3.67. The van der Waals surface area contributed by atoms with Crippen molar-refractivity contribution in [3.05, 3.63) is 48.0 Å². The first-order valence-electron chi connectivity index (χ1n) is 5.01. The van der Waals surface area contributed by atoms with Crippen LogP contribution in [0.1, 0.15) is 11.3 Å². The lowest BCUT2D eigenvalue weighted by Crippen LogP contribution is -2.17. The molecule has 1 N–H and O–H groups in total. The molecule has 1 heterocycles. The monoisotopic (exact) mass is 201 g/mol. The van der Waals surface area contributed by atoms with E-state index in [1.807, 2.05) is 6.20 Å². The van der Waals surface area contributed by atoms with Crippen molar-refractivity contribution in [3.63, 3.8) is 0 Å². The number of aryl methyl sites for hydroxylation is 1. The van der Waals surface area contributed by atoms with Crippen molar-refractivity contribution in [1.29, 1.82) is 0 Å². The Labute approximate surface area is 89.8 Å². The number of rotatable bonds is 3. The molecule has 0 fully saturated rings. The lowest BCUT2D eigenvalue weighted by atomic mass is 10.2. The molecule has 0 saturated carbocycles. The van der Waals surface area contributed by atoms with E-state index >= 15 is 0 Å². The minimum atomic E-state index is 0.852. The smallest absolute Gasteiger partial charge is 0.0922 e. The van der Waals surface area contributed by atoms with Crippen molar-refractivity contribution in [2.45, 2.75) is 13.5 Å². The lowest BCUT2D eigenvalue weighted by Gasteiger charge is -2.20. The molecule has 0 aliphatic carbocycles. The fourth-order valence-corrected chi connectivity index (χ4v) is 1.70. The van der Waals surface area contributed by atoms with E-state index < -0.39 is 0 Å². The SMILES string of the molecule is Cc1ccccc1N(C)Cc1cnc[nH]1. The highest BCUT2D eigenvalue weighted by atomic mass is 15.1. The van der Waals surface area contributed by atoms with Crippen molar-refractivity contribution < 1.29 is 0 Å². The molecule has 15 heavy (non-hydrogen) atoms. The Morgan fingerprint density at radius 3 is 2.80 bits per heavy atom. The Kier molecular flexibility index (Phi) is 2.72. The number of H-pyrrole nitrogens is 1. The van der Waals surface area contributed by atoms with Gasteiger partial charge >= 0.3 is 0 Å². The van der Waals surface area contributed by atoms with Crippen LogP contribution in [0.5, 0.6) is 0 Å². The fraction of sp³-hybridized carbons (Fsp3) is 0.250. The minimum absolute atomic E-state index is 0.852. The summed E-state index contributed by atoms with van der Waals surface area (Å²) < 4.78 is 0. The third-order valence-corrected chi connectivity index (χ3v) is 2.49. The molecule has 0 spiro atoms. The van der Waals surface area contributed by atoms with Crippen LogP contribution >= 0.6 is 0 Å². The van der Waals surface area contributed by atoms with E-state index in [1.54, 1.807) is 6.33 Å². The molecule has 0 amide bonds. The van der Waals surface area contributed by atoms with E-state index in [0.717, 1.165) is 12.2 Å². The maximum Gasteiger partial charge on any atom is 0.0922 e. The van der Waals surface area contributed by atoms with Gasteiger partial charge in [-0.25, -0.2) is 4.98 Å². The Bertz CT molecular complexity index is 420. The van der Waals surface area contributed by atoms with Gasteiger partial charge in [0.05, 0.1) is 18.6 Å². The normalized spacial score (nSPS) is 10.3. The second-order valence-electron chi connectivity index (χ2n) is 3.72. The number of nitrogens with one attached hydrogen (secondary N) is 1. The van der Waals surface area contributed by atoms with Gasteiger partial charge in [0.1, 0.15) is 0 Å². The van der Waals surface area contributed by atoms with Crippen molar-refractivity contribution in [2.75, 3.05) is 11.9 Å². The third-order valence-electron chi connectivity index (χ3n) is 2.49. The van der Waals surface area contributed by atoms with Crippen LogP contribution in [0.2, 0.25) is 0 Å². The van der Waals surface area contributed by atoms with Gasteiger partial charge in [0.15, 0.2) is 0 Å². The highest BCUT2D eigenvalue weighted by Crippen LogP contribution is 2.18. The number of anilines is 1. The zero-order valence-corrected chi connectivity index (χ0v) is 9.07. The summed E-state index contributed by atoms with van der Waals surface area (Å²) in [6.07, 6.45) is 3.57. The molecule has 3 nitrogen and oxygen atoms in total. The van der Waals surface area contributed by atoms with E-state index in [1.165, 1.54) is 11.3 Å². The van der Waals surface area contributed by atoms with Gasteiger partial charge in [-0.3, -0.25) is 0 Å². The van der Waals surface area contributed by atoms with E-state index in [9.17, 15) is 0 Å². The van der Waals surface area contributed by atoms with Gasteiger partial charge in [0.2, 0.25) is 0 Å². The predicted molar refractivity (Wildman–Crippen MR) is 61.9 cm³/mol. The fourth-order valence-electron chi connectivity index (χ4n) is 1.70. The molecule has 0 unspecified atom stereocenters. The maximum absolute atomic E-state index is 4.01. The molecule has 0 aliphatic rings. The number of benzene rings is 1. The molecule has 0 aliphatic heterocycles. The molecule has 0 bridgehead atoms. The van der Waals surface area contributed by atoms with Crippen molar-refractivity contribution >= 4 is 5.69 Å². The molecule has 1 aromatic carbocycles. The average molecular weight is 201 g/mol. The van der Waals surface area contributed by atoms with Gasteiger partial charge in [-0.1, -0.05) is 18.2 Å². The summed E-state index contributed by atoms with van der Waals surface area (Å²) >= 11 is 0. The van der Waals surface area contributed by atoms with Gasteiger partial charge < -0.3 is 9.88 Å². The van der Waals surface area contributed by atoms with Crippen LogP contribution in [0.3, 0.4) is 0 Å². The topological polar surface area (TPSA) is 31.9 Å². The van der Waals surface area contributed by atoms with Crippen LogP contribution in [0, 0.1) is 6.92 Å². The first kappa shape index (κ1) is 9.77. The largest absolute Gasteiger partial charge is 0.369 e. The minimum Gasteiger partial charge on any atom is -0.369 e. The van der Waals surface area contributed by atoms with E-state index in [2.05, 4.69) is 53.1 Å².